The molecule has 1 aromatic rings. The van der Waals surface area contributed by atoms with Crippen LogP contribution in [-0.2, 0) is 11.3 Å². The molecule has 1 rings (SSSR count). The smallest absolute Gasteiger partial charge is 0.220 e. The van der Waals surface area contributed by atoms with Crippen LogP contribution in [0, 0.1) is 0 Å². The number of aryl methyl sites for hydroxylation is 1. The van der Waals surface area contributed by atoms with Crippen LogP contribution >= 0.6 is 0 Å². The summed E-state index contributed by atoms with van der Waals surface area (Å²) in [7, 11) is 0. The second-order valence-corrected chi connectivity index (χ2v) is 9.88. The monoisotopic (exact) mass is 477 g/mol. The minimum atomic E-state index is -0.670. The number of aliphatic hydroxyl groups excluding tert-OH is 2. The molecular weight excluding hydrogens is 424 g/mol. The third-order valence-corrected chi connectivity index (χ3v) is 6.71. The van der Waals surface area contributed by atoms with Crippen molar-refractivity contribution in [2.24, 2.45) is 0 Å². The number of aliphatic hydroxyl groups is 2. The first-order valence-corrected chi connectivity index (χ1v) is 14.2. The second kappa shape index (κ2) is 22.0. The van der Waals surface area contributed by atoms with E-state index in [9.17, 15) is 15.0 Å². The van der Waals surface area contributed by atoms with Crippen molar-refractivity contribution in [3.63, 3.8) is 0 Å². The number of unbranched alkanes of at least 4 members (excludes halogenated alkanes) is 14. The molecule has 0 unspecified atom stereocenters. The topological polar surface area (TPSA) is 73.4 Å². The molecule has 0 saturated carbocycles. The summed E-state index contributed by atoms with van der Waals surface area (Å²) < 4.78 is 2.15. The lowest BCUT2D eigenvalue weighted by molar-refractivity contribution is -0.697. The minimum Gasteiger partial charge on any atom is -0.394 e. The summed E-state index contributed by atoms with van der Waals surface area (Å²) in [5.74, 6) is -0.0733. The lowest BCUT2D eigenvalue weighted by Gasteiger charge is -2.22. The lowest BCUT2D eigenvalue weighted by Crippen LogP contribution is -2.45. The van der Waals surface area contributed by atoms with E-state index >= 15 is 0 Å². The van der Waals surface area contributed by atoms with Crippen LogP contribution in [0.4, 0.5) is 0 Å². The summed E-state index contributed by atoms with van der Waals surface area (Å²) in [5, 5.41) is 22.8. The molecule has 1 heterocycles. The molecule has 0 saturated heterocycles. The lowest BCUT2D eigenvalue weighted by atomic mass is 10.0. The van der Waals surface area contributed by atoms with Crippen LogP contribution in [-0.4, -0.2) is 34.9 Å². The molecule has 0 aromatic carbocycles. The molecule has 2 atom stereocenters. The zero-order valence-corrected chi connectivity index (χ0v) is 21.9. The molecule has 0 radical (unpaired) electrons. The van der Waals surface area contributed by atoms with Crippen LogP contribution in [0.3, 0.4) is 0 Å². The molecule has 34 heavy (non-hydrogen) atoms. The van der Waals surface area contributed by atoms with E-state index in [4.69, 9.17) is 0 Å². The molecule has 0 fully saturated rings. The average molecular weight is 478 g/mol. The largest absolute Gasteiger partial charge is 0.394 e. The number of aromatic nitrogens is 1. The van der Waals surface area contributed by atoms with Gasteiger partial charge < -0.3 is 15.5 Å². The van der Waals surface area contributed by atoms with Crippen molar-refractivity contribution >= 4 is 5.91 Å². The highest BCUT2D eigenvalue weighted by atomic mass is 16.3. The van der Waals surface area contributed by atoms with Gasteiger partial charge in [0.05, 0.1) is 18.8 Å². The Kier molecular flexibility index (Phi) is 19.8. The zero-order chi connectivity index (χ0) is 24.7. The summed E-state index contributed by atoms with van der Waals surface area (Å²) in [4.78, 5) is 12.2. The highest BCUT2D eigenvalue weighted by molar-refractivity contribution is 5.76. The second-order valence-electron chi connectivity index (χ2n) is 9.88. The van der Waals surface area contributed by atoms with Gasteiger partial charge in [0.25, 0.3) is 0 Å². The summed E-state index contributed by atoms with van der Waals surface area (Å²) in [6.07, 6.45) is 24.2. The number of carbonyl (C=O) groups excluding carboxylic acids is 1. The molecule has 0 aliphatic heterocycles. The van der Waals surface area contributed by atoms with Crippen LogP contribution in [0.1, 0.15) is 122 Å². The average Bonchev–Trinajstić information content (AvgIpc) is 2.85. The third kappa shape index (κ3) is 17.0. The molecule has 0 aliphatic carbocycles. The number of carbonyl (C=O) groups is 1. The summed E-state index contributed by atoms with van der Waals surface area (Å²) in [6.45, 7) is 3.01. The van der Waals surface area contributed by atoms with Gasteiger partial charge >= 0.3 is 0 Å². The van der Waals surface area contributed by atoms with Crippen molar-refractivity contribution in [3.8, 4) is 0 Å². The molecule has 1 amide bonds. The first-order valence-electron chi connectivity index (χ1n) is 14.2. The van der Waals surface area contributed by atoms with E-state index in [1.165, 1.54) is 70.6 Å². The van der Waals surface area contributed by atoms with E-state index < -0.39 is 12.1 Å². The molecule has 1 aromatic heterocycles. The fourth-order valence-corrected chi connectivity index (χ4v) is 4.45. The highest BCUT2D eigenvalue weighted by Crippen LogP contribution is 2.14. The van der Waals surface area contributed by atoms with E-state index in [1.54, 1.807) is 0 Å². The minimum absolute atomic E-state index is 0.0733. The van der Waals surface area contributed by atoms with Gasteiger partial charge in [-0.25, -0.2) is 4.57 Å². The maximum absolute atomic E-state index is 12.2. The van der Waals surface area contributed by atoms with Gasteiger partial charge in [-0.15, -0.1) is 0 Å². The van der Waals surface area contributed by atoms with E-state index in [-0.39, 0.29) is 12.5 Å². The number of amides is 1. The zero-order valence-electron chi connectivity index (χ0n) is 21.9. The van der Waals surface area contributed by atoms with Crippen LogP contribution in [0.25, 0.3) is 0 Å². The normalized spacial score (nSPS) is 13.0. The Morgan fingerprint density at radius 1 is 0.765 bits per heavy atom. The van der Waals surface area contributed by atoms with Crippen molar-refractivity contribution < 1.29 is 19.6 Å². The summed E-state index contributed by atoms with van der Waals surface area (Å²) in [6, 6.07) is 5.49. The Balaban J connectivity index is 1.97. The maximum Gasteiger partial charge on any atom is 0.220 e. The number of hydrogen-bond donors (Lipinski definition) is 3. The maximum atomic E-state index is 12.2. The first kappa shape index (κ1) is 30.6. The Morgan fingerprint density at radius 2 is 1.29 bits per heavy atom. The molecule has 196 valence electrons. The van der Waals surface area contributed by atoms with Gasteiger partial charge in [0.1, 0.15) is 6.54 Å². The van der Waals surface area contributed by atoms with Crippen molar-refractivity contribution in [1.29, 1.82) is 0 Å². The third-order valence-electron chi connectivity index (χ3n) is 6.71. The van der Waals surface area contributed by atoms with Crippen LogP contribution < -0.4 is 9.88 Å². The number of nitrogens with one attached hydrogen (secondary N) is 1. The Labute approximate surface area is 209 Å². The molecule has 0 spiro atoms. The van der Waals surface area contributed by atoms with Crippen LogP contribution in [0.2, 0.25) is 0 Å². The van der Waals surface area contributed by atoms with Gasteiger partial charge in [-0.2, -0.15) is 0 Å². The van der Waals surface area contributed by atoms with E-state index in [0.29, 0.717) is 12.8 Å². The summed E-state index contributed by atoms with van der Waals surface area (Å²) in [5.41, 5.74) is 0. The Bertz CT molecular complexity index is 582. The van der Waals surface area contributed by atoms with E-state index in [1.807, 2.05) is 18.2 Å². The molecule has 3 N–H and O–H groups in total. The number of rotatable bonds is 23. The molecular formula is C29H53N2O3+. The number of pyridine rings is 1. The molecule has 5 heteroatoms. The summed E-state index contributed by atoms with van der Waals surface area (Å²) >= 11 is 0. The molecule has 5 nitrogen and oxygen atoms in total. The van der Waals surface area contributed by atoms with Crippen molar-refractivity contribution in [3.05, 3.63) is 30.6 Å². The highest BCUT2D eigenvalue weighted by Gasteiger charge is 2.20. The van der Waals surface area contributed by atoms with Crippen molar-refractivity contribution in [2.75, 3.05) is 6.61 Å². The van der Waals surface area contributed by atoms with Gasteiger partial charge in [0.2, 0.25) is 5.91 Å². The Morgan fingerprint density at radius 3 is 1.85 bits per heavy atom. The fraction of sp³-hybridized carbons (Fsp3) is 0.793. The first-order chi connectivity index (χ1) is 16.7. The van der Waals surface area contributed by atoms with Gasteiger partial charge in [-0.05, 0) is 19.3 Å². The SMILES string of the molecule is CCCCCCCCCCCCCCC[C@@H](O)[C@@H](CO)NC(=O)CCCCC[n+]1ccccc1. The predicted octanol–water partition coefficient (Wildman–Crippen LogP) is 5.85. The van der Waals surface area contributed by atoms with Gasteiger partial charge in [-0.1, -0.05) is 96.5 Å². The van der Waals surface area contributed by atoms with E-state index in [0.717, 1.165) is 38.6 Å². The van der Waals surface area contributed by atoms with Crippen LogP contribution in [0.15, 0.2) is 30.6 Å². The van der Waals surface area contributed by atoms with Crippen LogP contribution in [0.5, 0.6) is 0 Å². The van der Waals surface area contributed by atoms with Gasteiger partial charge in [0, 0.05) is 25.0 Å². The number of nitrogens with zero attached hydrogens (tertiary/aromatic N) is 1. The molecule has 0 aliphatic rings. The Hall–Kier alpha value is -1.46. The van der Waals surface area contributed by atoms with Gasteiger partial charge in [-0.3, -0.25) is 4.79 Å². The van der Waals surface area contributed by atoms with Gasteiger partial charge in [0.15, 0.2) is 12.4 Å². The predicted molar refractivity (Wildman–Crippen MR) is 140 cm³/mol. The quantitative estimate of drug-likeness (QED) is 0.137. The number of hydrogen-bond acceptors (Lipinski definition) is 3. The van der Waals surface area contributed by atoms with Crippen molar-refractivity contribution in [2.45, 2.75) is 141 Å². The standard InChI is InChI=1S/C29H52N2O3/c1-2-3-4-5-6-7-8-9-10-11-12-13-16-21-28(33)27(26-32)30-29(34)22-17-14-18-23-31-24-19-15-20-25-31/h15,19-20,24-25,27-28,32-33H,2-14,16-18,21-23,26H2,1H3/p+1/t27-,28-/m1/s1. The molecule has 0 bridgehead atoms. The van der Waals surface area contributed by atoms with Crippen molar-refractivity contribution in [1.82, 2.24) is 5.32 Å². The fourth-order valence-electron chi connectivity index (χ4n) is 4.45. The van der Waals surface area contributed by atoms with E-state index in [2.05, 4.69) is 29.2 Å².